The first-order valence-electron chi connectivity index (χ1n) is 12.0. The summed E-state index contributed by atoms with van der Waals surface area (Å²) in [6.45, 7) is 5.60. The maximum atomic E-state index is 11.9. The molecular weight excluding hydrogens is 422 g/mol. The van der Waals surface area contributed by atoms with Gasteiger partial charge in [-0.15, -0.1) is 0 Å². The van der Waals surface area contributed by atoms with Gasteiger partial charge in [0.25, 0.3) is 0 Å². The van der Waals surface area contributed by atoms with Gasteiger partial charge in [-0.25, -0.2) is 4.99 Å². The predicted octanol–water partition coefficient (Wildman–Crippen LogP) is 6.84. The zero-order chi connectivity index (χ0) is 23.7. The molecule has 5 heteroatoms. The van der Waals surface area contributed by atoms with Crippen LogP contribution < -0.4 is 4.74 Å². The maximum absolute atomic E-state index is 11.9. The fraction of sp³-hybridized carbons (Fsp3) is 0.310. The molecule has 1 saturated carbocycles. The minimum atomic E-state index is 0.0202. The van der Waals surface area contributed by atoms with Gasteiger partial charge < -0.3 is 4.74 Å². The molecule has 1 fully saturated rings. The molecule has 1 aromatic heterocycles. The van der Waals surface area contributed by atoms with Gasteiger partial charge in [-0.05, 0) is 81.0 Å². The van der Waals surface area contributed by atoms with Gasteiger partial charge in [0.1, 0.15) is 5.75 Å². The highest BCUT2D eigenvalue weighted by atomic mass is 16.5. The average Bonchev–Trinajstić information content (AvgIpc) is 3.29. The highest BCUT2D eigenvalue weighted by Crippen LogP contribution is 2.35. The fourth-order valence-electron chi connectivity index (χ4n) is 4.87. The Hall–Kier alpha value is -3.60. The number of aromatic nitrogens is 2. The molecular formula is C29H29N3O2. The number of hydrogen-bond donors (Lipinski definition) is 0. The number of rotatable bonds is 4. The number of aryl methyl sites for hydroxylation is 2. The lowest BCUT2D eigenvalue weighted by atomic mass is 9.99. The van der Waals surface area contributed by atoms with Crippen LogP contribution in [0.4, 0.5) is 5.69 Å². The second kappa shape index (κ2) is 9.34. The standard InChI is InChI=1S/C29H29N3O2/c1-18-11-12-23(14-24(18)20(3)33)34-29-10-6-9-22-13-19(2)25(15-26(22)32-29)28-17-30-27(16-31-28)21-7-4-5-8-21/h6,10-17,21H,4-5,7-9H2,1-3H3. The van der Waals surface area contributed by atoms with Crippen molar-refractivity contribution < 1.29 is 9.53 Å². The van der Waals surface area contributed by atoms with Gasteiger partial charge in [0.15, 0.2) is 5.78 Å². The number of benzene rings is 2. The minimum Gasteiger partial charge on any atom is -0.439 e. The van der Waals surface area contributed by atoms with Crippen molar-refractivity contribution in [1.82, 2.24) is 9.97 Å². The van der Waals surface area contributed by atoms with E-state index < -0.39 is 0 Å². The Morgan fingerprint density at radius 3 is 2.56 bits per heavy atom. The molecule has 0 N–H and O–H groups in total. The molecule has 0 atom stereocenters. The smallest absolute Gasteiger partial charge is 0.219 e. The van der Waals surface area contributed by atoms with Crippen LogP contribution in [0.5, 0.6) is 5.75 Å². The predicted molar refractivity (Wildman–Crippen MR) is 135 cm³/mol. The molecule has 2 heterocycles. The van der Waals surface area contributed by atoms with E-state index >= 15 is 0 Å². The van der Waals surface area contributed by atoms with E-state index in [1.807, 2.05) is 37.5 Å². The molecule has 172 valence electrons. The number of nitrogens with zero attached hydrogens (tertiary/aromatic N) is 3. The number of aliphatic imine (C=N–C) groups is 1. The van der Waals surface area contributed by atoms with E-state index in [1.165, 1.54) is 25.7 Å². The Morgan fingerprint density at radius 2 is 1.82 bits per heavy atom. The molecule has 0 unspecified atom stereocenters. The first-order chi connectivity index (χ1) is 16.5. The van der Waals surface area contributed by atoms with Crippen LogP contribution in [0, 0.1) is 13.8 Å². The Kier molecular flexibility index (Phi) is 6.10. The summed E-state index contributed by atoms with van der Waals surface area (Å²) < 4.78 is 6.07. The number of hydrogen-bond acceptors (Lipinski definition) is 5. The molecule has 0 bridgehead atoms. The fourth-order valence-corrected chi connectivity index (χ4v) is 4.87. The van der Waals surface area contributed by atoms with E-state index in [0.29, 0.717) is 23.1 Å². The molecule has 0 saturated heterocycles. The highest BCUT2D eigenvalue weighted by molar-refractivity contribution is 5.97. The first kappa shape index (κ1) is 22.2. The van der Waals surface area contributed by atoms with Crippen molar-refractivity contribution in [2.45, 2.75) is 58.8 Å². The molecule has 34 heavy (non-hydrogen) atoms. The minimum absolute atomic E-state index is 0.0202. The van der Waals surface area contributed by atoms with Gasteiger partial charge in [0.2, 0.25) is 5.90 Å². The Labute approximate surface area is 200 Å². The van der Waals surface area contributed by atoms with Crippen molar-refractivity contribution in [3.63, 3.8) is 0 Å². The topological polar surface area (TPSA) is 64.4 Å². The molecule has 0 amide bonds. The summed E-state index contributed by atoms with van der Waals surface area (Å²) in [6.07, 6.45) is 13.6. The maximum Gasteiger partial charge on any atom is 0.219 e. The molecule has 5 nitrogen and oxygen atoms in total. The Bertz CT molecular complexity index is 1300. The molecule has 5 rings (SSSR count). The van der Waals surface area contributed by atoms with Crippen LogP contribution in [0.3, 0.4) is 0 Å². The normalized spacial score (nSPS) is 15.6. The Morgan fingerprint density at radius 1 is 1.00 bits per heavy atom. The summed E-state index contributed by atoms with van der Waals surface area (Å²) in [5.74, 6) is 1.67. The van der Waals surface area contributed by atoms with E-state index in [0.717, 1.165) is 45.7 Å². The van der Waals surface area contributed by atoms with E-state index in [9.17, 15) is 4.79 Å². The molecule has 0 spiro atoms. The largest absolute Gasteiger partial charge is 0.439 e. The molecule has 2 aliphatic rings. The van der Waals surface area contributed by atoms with E-state index in [-0.39, 0.29) is 5.78 Å². The molecule has 1 aliphatic heterocycles. The summed E-state index contributed by atoms with van der Waals surface area (Å²) in [5, 5.41) is 0. The summed E-state index contributed by atoms with van der Waals surface area (Å²) in [5.41, 5.74) is 7.75. The lowest BCUT2D eigenvalue weighted by molar-refractivity contribution is 0.101. The van der Waals surface area contributed by atoms with Crippen molar-refractivity contribution in [2.24, 2.45) is 4.99 Å². The van der Waals surface area contributed by atoms with Crippen molar-refractivity contribution in [3.05, 3.63) is 82.8 Å². The highest BCUT2D eigenvalue weighted by Gasteiger charge is 2.19. The van der Waals surface area contributed by atoms with Gasteiger partial charge in [0, 0.05) is 23.2 Å². The van der Waals surface area contributed by atoms with Gasteiger partial charge in [-0.2, -0.15) is 0 Å². The second-order valence-electron chi connectivity index (χ2n) is 9.30. The van der Waals surface area contributed by atoms with Crippen LogP contribution in [0.2, 0.25) is 0 Å². The summed E-state index contributed by atoms with van der Waals surface area (Å²) in [7, 11) is 0. The van der Waals surface area contributed by atoms with Crippen molar-refractivity contribution >= 4 is 17.4 Å². The molecule has 0 radical (unpaired) electrons. The summed E-state index contributed by atoms with van der Waals surface area (Å²) in [6, 6.07) is 9.80. The van der Waals surface area contributed by atoms with Crippen LogP contribution >= 0.6 is 0 Å². The number of ether oxygens (including phenoxy) is 1. The quantitative estimate of drug-likeness (QED) is 0.407. The van der Waals surface area contributed by atoms with Gasteiger partial charge in [-0.3, -0.25) is 14.8 Å². The zero-order valence-corrected chi connectivity index (χ0v) is 20.0. The Balaban J connectivity index is 1.45. The molecule has 3 aromatic rings. The molecule has 2 aromatic carbocycles. The van der Waals surface area contributed by atoms with Gasteiger partial charge in [0.05, 0.1) is 23.3 Å². The third-order valence-electron chi connectivity index (χ3n) is 6.79. The van der Waals surface area contributed by atoms with Crippen LogP contribution in [0.15, 0.2) is 59.9 Å². The van der Waals surface area contributed by atoms with E-state index in [2.05, 4.69) is 25.1 Å². The number of Topliss-reactive ketones (excluding diaryl/α,β-unsaturated/α-hetero) is 1. The molecule has 1 aliphatic carbocycles. The van der Waals surface area contributed by atoms with Crippen LogP contribution in [0.25, 0.3) is 11.3 Å². The zero-order valence-electron chi connectivity index (χ0n) is 20.0. The number of carbonyl (C=O) groups is 1. The average molecular weight is 452 g/mol. The number of carbonyl (C=O) groups excluding carboxylic acids is 1. The third kappa shape index (κ3) is 4.56. The third-order valence-corrected chi connectivity index (χ3v) is 6.79. The van der Waals surface area contributed by atoms with Crippen LogP contribution in [0.1, 0.15) is 71.3 Å². The van der Waals surface area contributed by atoms with Gasteiger partial charge >= 0.3 is 0 Å². The van der Waals surface area contributed by atoms with Crippen molar-refractivity contribution in [2.75, 3.05) is 0 Å². The second-order valence-corrected chi connectivity index (χ2v) is 9.30. The van der Waals surface area contributed by atoms with Gasteiger partial charge in [-0.1, -0.05) is 31.1 Å². The monoisotopic (exact) mass is 451 g/mol. The summed E-state index contributed by atoms with van der Waals surface area (Å²) in [4.78, 5) is 26.2. The lowest BCUT2D eigenvalue weighted by Gasteiger charge is -2.12. The van der Waals surface area contributed by atoms with Crippen molar-refractivity contribution in [3.8, 4) is 17.0 Å². The number of fused-ring (bicyclic) bond motifs is 1. The van der Waals surface area contributed by atoms with Crippen molar-refractivity contribution in [1.29, 1.82) is 0 Å². The van der Waals surface area contributed by atoms with E-state index in [4.69, 9.17) is 19.7 Å². The van der Waals surface area contributed by atoms with E-state index in [1.54, 1.807) is 13.0 Å². The lowest BCUT2D eigenvalue weighted by Crippen LogP contribution is -2.06. The number of allylic oxidation sites excluding steroid dienone is 1. The first-order valence-corrected chi connectivity index (χ1v) is 12.0. The summed E-state index contributed by atoms with van der Waals surface area (Å²) >= 11 is 0. The number of ketones is 1. The SMILES string of the molecule is CC(=O)c1cc(OC2=Nc3cc(-c4cnc(C5CCCC5)cn4)c(C)cc3CC=C2)ccc1C. The van der Waals surface area contributed by atoms with Crippen LogP contribution in [-0.4, -0.2) is 21.6 Å². The van der Waals surface area contributed by atoms with Crippen LogP contribution in [-0.2, 0) is 6.42 Å².